The highest BCUT2D eigenvalue weighted by Crippen LogP contribution is 2.36. The number of ether oxygens (including phenoxy) is 3. The largest absolute Gasteiger partial charge is 0.497 e. The molecule has 3 aromatic rings. The third-order valence-electron chi connectivity index (χ3n) is 5.13. The Kier molecular flexibility index (Phi) is 5.81. The van der Waals surface area contributed by atoms with Crippen LogP contribution in [0.15, 0.2) is 78.5 Å². The van der Waals surface area contributed by atoms with Crippen molar-refractivity contribution < 1.29 is 23.8 Å². The van der Waals surface area contributed by atoms with Gasteiger partial charge < -0.3 is 19.5 Å². The first-order chi connectivity index (χ1) is 15.6. The molecule has 0 radical (unpaired) electrons. The zero-order valence-corrected chi connectivity index (χ0v) is 17.9. The maximum Gasteiger partial charge on any atom is 0.282 e. The van der Waals surface area contributed by atoms with Crippen molar-refractivity contribution in [3.63, 3.8) is 0 Å². The lowest BCUT2D eigenvalue weighted by atomic mass is 10.0. The summed E-state index contributed by atoms with van der Waals surface area (Å²) in [6.07, 6.45) is 0. The van der Waals surface area contributed by atoms with E-state index in [1.54, 1.807) is 80.9 Å². The first-order valence-corrected chi connectivity index (χ1v) is 9.89. The van der Waals surface area contributed by atoms with E-state index in [1.807, 2.05) is 6.07 Å². The topological polar surface area (TPSA) is 77.1 Å². The van der Waals surface area contributed by atoms with Crippen molar-refractivity contribution in [2.24, 2.45) is 0 Å². The fourth-order valence-electron chi connectivity index (χ4n) is 3.54. The lowest BCUT2D eigenvalue weighted by Crippen LogP contribution is -2.32. The Morgan fingerprint density at radius 3 is 2.03 bits per heavy atom. The Balaban J connectivity index is 1.80. The average Bonchev–Trinajstić information content (AvgIpc) is 3.08. The molecular weight excluding hydrogens is 408 g/mol. The van der Waals surface area contributed by atoms with Gasteiger partial charge in [-0.05, 0) is 42.0 Å². The van der Waals surface area contributed by atoms with Gasteiger partial charge in [0.2, 0.25) is 0 Å². The van der Waals surface area contributed by atoms with E-state index in [9.17, 15) is 9.59 Å². The van der Waals surface area contributed by atoms with Gasteiger partial charge in [0.25, 0.3) is 11.8 Å². The summed E-state index contributed by atoms with van der Waals surface area (Å²) in [6, 6.07) is 21.0. The second kappa shape index (κ2) is 8.85. The van der Waals surface area contributed by atoms with Crippen LogP contribution in [0.1, 0.15) is 5.56 Å². The fraction of sp³-hybridized carbons (Fsp3) is 0.120. The molecule has 7 nitrogen and oxygen atoms in total. The molecule has 1 aliphatic rings. The SMILES string of the molecule is COc1ccc(C2=C(Nc3ccc(OC)c(OC)c3)C(=O)N(c3ccccc3)C2=O)cc1. The Morgan fingerprint density at radius 1 is 0.719 bits per heavy atom. The summed E-state index contributed by atoms with van der Waals surface area (Å²) in [5.74, 6) is 0.861. The van der Waals surface area contributed by atoms with E-state index in [0.717, 1.165) is 0 Å². The van der Waals surface area contributed by atoms with E-state index >= 15 is 0 Å². The molecule has 7 heteroatoms. The van der Waals surface area contributed by atoms with Gasteiger partial charge in [-0.1, -0.05) is 30.3 Å². The molecule has 0 saturated heterocycles. The van der Waals surface area contributed by atoms with Crippen molar-refractivity contribution in [1.82, 2.24) is 0 Å². The van der Waals surface area contributed by atoms with Crippen LogP contribution >= 0.6 is 0 Å². The first kappa shape index (κ1) is 21.0. The van der Waals surface area contributed by atoms with E-state index in [-0.39, 0.29) is 11.3 Å². The van der Waals surface area contributed by atoms with E-state index < -0.39 is 11.8 Å². The molecule has 1 N–H and O–H groups in total. The van der Waals surface area contributed by atoms with Crippen molar-refractivity contribution in [2.45, 2.75) is 0 Å². The Labute approximate surface area is 185 Å². The average molecular weight is 430 g/mol. The number of hydrogen-bond acceptors (Lipinski definition) is 6. The van der Waals surface area contributed by atoms with Crippen LogP contribution < -0.4 is 24.4 Å². The monoisotopic (exact) mass is 430 g/mol. The second-order valence-corrected chi connectivity index (χ2v) is 6.95. The van der Waals surface area contributed by atoms with E-state index in [4.69, 9.17) is 14.2 Å². The standard InChI is InChI=1S/C25H22N2O5/c1-30-19-12-9-16(10-13-19)22-23(26-17-11-14-20(31-2)21(15-17)32-3)25(29)27(24(22)28)18-7-5-4-6-8-18/h4-15,26H,1-3H3. The first-order valence-electron chi connectivity index (χ1n) is 9.89. The molecule has 0 aliphatic carbocycles. The van der Waals surface area contributed by atoms with Gasteiger partial charge in [-0.3, -0.25) is 9.59 Å². The summed E-state index contributed by atoms with van der Waals surface area (Å²) < 4.78 is 15.9. The number of benzene rings is 3. The summed E-state index contributed by atoms with van der Waals surface area (Å²) in [5, 5.41) is 3.12. The van der Waals surface area contributed by atoms with Gasteiger partial charge in [0.05, 0.1) is 32.6 Å². The summed E-state index contributed by atoms with van der Waals surface area (Å²) in [7, 11) is 4.65. The molecule has 0 aromatic heterocycles. The van der Waals surface area contributed by atoms with E-state index in [1.165, 1.54) is 12.0 Å². The van der Waals surface area contributed by atoms with Gasteiger partial charge >= 0.3 is 0 Å². The smallest absolute Gasteiger partial charge is 0.282 e. The molecule has 0 atom stereocenters. The van der Waals surface area contributed by atoms with Crippen LogP contribution in [0, 0.1) is 0 Å². The molecule has 1 heterocycles. The number of rotatable bonds is 7. The van der Waals surface area contributed by atoms with Crippen LogP contribution in [0.5, 0.6) is 17.2 Å². The van der Waals surface area contributed by atoms with Crippen molar-refractivity contribution in [3.05, 3.63) is 84.1 Å². The van der Waals surface area contributed by atoms with Gasteiger partial charge in [0.15, 0.2) is 11.5 Å². The highest BCUT2D eigenvalue weighted by Gasteiger charge is 2.40. The normalized spacial score (nSPS) is 13.4. The summed E-state index contributed by atoms with van der Waals surface area (Å²) in [6.45, 7) is 0. The van der Waals surface area contributed by atoms with Crippen LogP contribution in [0.25, 0.3) is 5.57 Å². The number of carbonyl (C=O) groups excluding carboxylic acids is 2. The van der Waals surface area contributed by atoms with Crippen LogP contribution in [0.3, 0.4) is 0 Å². The second-order valence-electron chi connectivity index (χ2n) is 6.95. The molecule has 162 valence electrons. The maximum atomic E-state index is 13.4. The van der Waals surface area contributed by atoms with E-state index in [0.29, 0.717) is 34.2 Å². The number of hydrogen-bond donors (Lipinski definition) is 1. The molecule has 0 fully saturated rings. The molecule has 4 rings (SSSR count). The van der Waals surface area contributed by atoms with Gasteiger partial charge in [-0.2, -0.15) is 0 Å². The summed E-state index contributed by atoms with van der Waals surface area (Å²) in [5.41, 5.74) is 2.13. The predicted octanol–water partition coefficient (Wildman–Crippen LogP) is 4.11. The molecule has 0 spiro atoms. The molecule has 1 aliphatic heterocycles. The number of amides is 2. The van der Waals surface area contributed by atoms with Gasteiger partial charge in [-0.15, -0.1) is 0 Å². The highest BCUT2D eigenvalue weighted by molar-refractivity contribution is 6.46. The number of anilines is 2. The van der Waals surface area contributed by atoms with Gasteiger partial charge in [0, 0.05) is 11.8 Å². The third kappa shape index (κ3) is 3.76. The molecular formula is C25H22N2O5. The number of carbonyl (C=O) groups is 2. The molecule has 3 aromatic carbocycles. The number of imide groups is 1. The van der Waals surface area contributed by atoms with Crippen molar-refractivity contribution in [2.75, 3.05) is 31.5 Å². The number of nitrogens with zero attached hydrogens (tertiary/aromatic N) is 1. The molecule has 32 heavy (non-hydrogen) atoms. The number of nitrogens with one attached hydrogen (secondary N) is 1. The van der Waals surface area contributed by atoms with Crippen molar-refractivity contribution in [3.8, 4) is 17.2 Å². The predicted molar refractivity (Wildman–Crippen MR) is 122 cm³/mol. The maximum absolute atomic E-state index is 13.4. The van der Waals surface area contributed by atoms with Gasteiger partial charge in [-0.25, -0.2) is 4.90 Å². The Hall–Kier alpha value is -4.26. The zero-order chi connectivity index (χ0) is 22.7. The number of methoxy groups -OCH3 is 3. The van der Waals surface area contributed by atoms with Crippen LogP contribution in [-0.2, 0) is 9.59 Å². The van der Waals surface area contributed by atoms with Crippen LogP contribution in [0.2, 0.25) is 0 Å². The third-order valence-corrected chi connectivity index (χ3v) is 5.13. The van der Waals surface area contributed by atoms with Gasteiger partial charge in [0.1, 0.15) is 11.4 Å². The van der Waals surface area contributed by atoms with E-state index in [2.05, 4.69) is 5.32 Å². The minimum absolute atomic E-state index is 0.177. The zero-order valence-electron chi connectivity index (χ0n) is 17.9. The summed E-state index contributed by atoms with van der Waals surface area (Å²) in [4.78, 5) is 28.0. The minimum Gasteiger partial charge on any atom is -0.497 e. The summed E-state index contributed by atoms with van der Waals surface area (Å²) >= 11 is 0. The highest BCUT2D eigenvalue weighted by atomic mass is 16.5. The fourth-order valence-corrected chi connectivity index (χ4v) is 3.54. The van der Waals surface area contributed by atoms with Crippen LogP contribution in [-0.4, -0.2) is 33.1 Å². The molecule has 0 saturated carbocycles. The molecule has 0 unspecified atom stereocenters. The number of para-hydroxylation sites is 1. The molecule has 2 amide bonds. The van der Waals surface area contributed by atoms with Crippen LogP contribution in [0.4, 0.5) is 11.4 Å². The molecule has 0 bridgehead atoms. The van der Waals surface area contributed by atoms with Crippen molar-refractivity contribution >= 4 is 28.8 Å². The Morgan fingerprint density at radius 2 is 1.41 bits per heavy atom. The lowest BCUT2D eigenvalue weighted by Gasteiger charge is -2.15. The van der Waals surface area contributed by atoms with Crippen molar-refractivity contribution in [1.29, 1.82) is 0 Å². The Bertz CT molecular complexity index is 1190. The quantitative estimate of drug-likeness (QED) is 0.569. The minimum atomic E-state index is -0.443. The lowest BCUT2D eigenvalue weighted by molar-refractivity contribution is -0.120.